The average Bonchev–Trinajstić information content (AvgIpc) is 2.62. The molecule has 1 N–H and O–H groups in total. The van der Waals surface area contributed by atoms with Gasteiger partial charge in [0.25, 0.3) is 0 Å². The predicted octanol–water partition coefficient (Wildman–Crippen LogP) is 1.44. The third-order valence-electron chi connectivity index (χ3n) is 2.75. The highest BCUT2D eigenvalue weighted by atomic mass is 16.6. The van der Waals surface area contributed by atoms with E-state index < -0.39 is 0 Å². The number of hydrogen-bond donors (Lipinski definition) is 1. The molecule has 0 aromatic rings. The first-order chi connectivity index (χ1) is 6.65. The lowest BCUT2D eigenvalue weighted by Crippen LogP contribution is -2.42. The Morgan fingerprint density at radius 3 is 2.79 bits per heavy atom. The Kier molecular flexibility index (Phi) is 2.63. The van der Waals surface area contributed by atoms with Crippen LogP contribution in [0.2, 0.25) is 0 Å². The maximum Gasteiger partial charge on any atom is 0.407 e. The van der Waals surface area contributed by atoms with Gasteiger partial charge in [-0.05, 0) is 33.1 Å². The lowest BCUT2D eigenvalue weighted by atomic mass is 9.96. The van der Waals surface area contributed by atoms with Crippen LogP contribution in [0.4, 0.5) is 4.79 Å². The van der Waals surface area contributed by atoms with Crippen LogP contribution in [-0.4, -0.2) is 30.4 Å². The van der Waals surface area contributed by atoms with Gasteiger partial charge in [-0.3, -0.25) is 0 Å². The maximum absolute atomic E-state index is 11.3. The Labute approximate surface area is 84.0 Å². The van der Waals surface area contributed by atoms with Crippen LogP contribution in [0.25, 0.3) is 0 Å². The van der Waals surface area contributed by atoms with Crippen molar-refractivity contribution in [3.05, 3.63) is 0 Å². The SMILES string of the molecule is CC(C)OC(=O)NC1CC2CCC1O2. The minimum absolute atomic E-state index is 0.0606. The van der Waals surface area contributed by atoms with E-state index in [1.807, 2.05) is 13.8 Å². The van der Waals surface area contributed by atoms with Gasteiger partial charge in [-0.2, -0.15) is 0 Å². The smallest absolute Gasteiger partial charge is 0.407 e. The Balaban J connectivity index is 1.78. The average molecular weight is 199 g/mol. The van der Waals surface area contributed by atoms with E-state index in [0.717, 1.165) is 19.3 Å². The van der Waals surface area contributed by atoms with Gasteiger partial charge in [-0.15, -0.1) is 0 Å². The number of carbonyl (C=O) groups is 1. The monoisotopic (exact) mass is 199 g/mol. The van der Waals surface area contributed by atoms with Crippen LogP contribution in [-0.2, 0) is 9.47 Å². The third-order valence-corrected chi connectivity index (χ3v) is 2.75. The number of nitrogens with one attached hydrogen (secondary N) is 1. The molecule has 3 atom stereocenters. The van der Waals surface area contributed by atoms with Crippen LogP contribution in [0.5, 0.6) is 0 Å². The van der Waals surface area contributed by atoms with Crippen molar-refractivity contribution in [3.63, 3.8) is 0 Å². The molecule has 0 aliphatic carbocycles. The molecule has 2 heterocycles. The first-order valence-corrected chi connectivity index (χ1v) is 5.28. The zero-order chi connectivity index (χ0) is 10.1. The van der Waals surface area contributed by atoms with E-state index in [9.17, 15) is 4.79 Å². The molecule has 14 heavy (non-hydrogen) atoms. The molecule has 2 aliphatic rings. The topological polar surface area (TPSA) is 47.6 Å². The number of amides is 1. The van der Waals surface area contributed by atoms with Crippen molar-refractivity contribution < 1.29 is 14.3 Å². The summed E-state index contributed by atoms with van der Waals surface area (Å²) in [7, 11) is 0. The van der Waals surface area contributed by atoms with Crippen molar-refractivity contribution in [1.82, 2.24) is 5.32 Å². The Morgan fingerprint density at radius 2 is 2.29 bits per heavy atom. The molecule has 0 aromatic heterocycles. The number of carbonyl (C=O) groups excluding carboxylic acids is 1. The van der Waals surface area contributed by atoms with E-state index >= 15 is 0 Å². The summed E-state index contributed by atoms with van der Waals surface area (Å²) in [6.45, 7) is 3.69. The summed E-state index contributed by atoms with van der Waals surface area (Å²) in [6, 6.07) is 0.167. The Hall–Kier alpha value is -0.770. The summed E-state index contributed by atoms with van der Waals surface area (Å²) >= 11 is 0. The second kappa shape index (κ2) is 3.77. The number of alkyl carbamates (subject to hydrolysis) is 1. The molecule has 4 nitrogen and oxygen atoms in total. The lowest BCUT2D eigenvalue weighted by Gasteiger charge is -2.20. The van der Waals surface area contributed by atoms with E-state index in [1.165, 1.54) is 0 Å². The van der Waals surface area contributed by atoms with Crippen molar-refractivity contribution in [1.29, 1.82) is 0 Å². The molecular weight excluding hydrogens is 182 g/mol. The molecule has 4 heteroatoms. The fourth-order valence-corrected chi connectivity index (χ4v) is 2.19. The summed E-state index contributed by atoms with van der Waals surface area (Å²) in [5, 5.41) is 2.86. The molecule has 0 spiro atoms. The second-order valence-electron chi connectivity index (χ2n) is 4.31. The largest absolute Gasteiger partial charge is 0.447 e. The van der Waals surface area contributed by atoms with Crippen molar-refractivity contribution in [2.45, 2.75) is 57.5 Å². The summed E-state index contributed by atoms with van der Waals surface area (Å²) in [5.74, 6) is 0. The van der Waals surface area contributed by atoms with Gasteiger partial charge in [-0.25, -0.2) is 4.79 Å². The number of hydrogen-bond acceptors (Lipinski definition) is 3. The summed E-state index contributed by atoms with van der Waals surface area (Å²) < 4.78 is 10.6. The lowest BCUT2D eigenvalue weighted by molar-refractivity contribution is 0.0877. The van der Waals surface area contributed by atoms with Crippen LogP contribution >= 0.6 is 0 Å². The first-order valence-electron chi connectivity index (χ1n) is 5.28. The van der Waals surface area contributed by atoms with Gasteiger partial charge in [0, 0.05) is 0 Å². The van der Waals surface area contributed by atoms with Gasteiger partial charge in [-0.1, -0.05) is 0 Å². The molecular formula is C10H17NO3. The van der Waals surface area contributed by atoms with E-state index in [4.69, 9.17) is 9.47 Å². The van der Waals surface area contributed by atoms with Gasteiger partial charge in [0.15, 0.2) is 0 Å². The van der Waals surface area contributed by atoms with E-state index in [1.54, 1.807) is 0 Å². The normalized spacial score (nSPS) is 34.9. The Bertz CT molecular complexity index is 229. The number of rotatable bonds is 2. The highest BCUT2D eigenvalue weighted by Gasteiger charge is 2.41. The predicted molar refractivity (Wildman–Crippen MR) is 51.1 cm³/mol. The van der Waals surface area contributed by atoms with Crippen molar-refractivity contribution in [2.75, 3.05) is 0 Å². The Morgan fingerprint density at radius 1 is 1.50 bits per heavy atom. The summed E-state index contributed by atoms with van der Waals surface area (Å²) in [5.41, 5.74) is 0. The molecule has 80 valence electrons. The van der Waals surface area contributed by atoms with E-state index in [0.29, 0.717) is 6.10 Å². The van der Waals surface area contributed by atoms with Gasteiger partial charge in [0.1, 0.15) is 0 Å². The molecule has 0 aromatic carbocycles. The van der Waals surface area contributed by atoms with Crippen molar-refractivity contribution in [2.24, 2.45) is 0 Å². The minimum Gasteiger partial charge on any atom is -0.447 e. The first kappa shape index (κ1) is 9.77. The van der Waals surface area contributed by atoms with Crippen LogP contribution in [0.1, 0.15) is 33.1 Å². The van der Waals surface area contributed by atoms with Crippen LogP contribution in [0.3, 0.4) is 0 Å². The molecule has 0 saturated carbocycles. The molecule has 1 amide bonds. The third kappa shape index (κ3) is 2.00. The zero-order valence-electron chi connectivity index (χ0n) is 8.66. The van der Waals surface area contributed by atoms with E-state index in [-0.39, 0.29) is 24.3 Å². The standard InChI is InChI=1S/C10H17NO3/c1-6(2)13-10(12)11-8-5-7-3-4-9(8)14-7/h6-9H,3-5H2,1-2H3,(H,11,12). The van der Waals surface area contributed by atoms with Crippen molar-refractivity contribution in [3.8, 4) is 0 Å². The fourth-order valence-electron chi connectivity index (χ4n) is 2.19. The van der Waals surface area contributed by atoms with E-state index in [2.05, 4.69) is 5.32 Å². The fraction of sp³-hybridized carbons (Fsp3) is 0.900. The molecule has 2 saturated heterocycles. The van der Waals surface area contributed by atoms with Crippen molar-refractivity contribution >= 4 is 6.09 Å². The highest BCUT2D eigenvalue weighted by molar-refractivity contribution is 5.67. The molecule has 2 bridgehead atoms. The molecule has 2 fully saturated rings. The maximum atomic E-state index is 11.3. The van der Waals surface area contributed by atoms with Crippen LogP contribution in [0.15, 0.2) is 0 Å². The quantitative estimate of drug-likeness (QED) is 0.732. The number of fused-ring (bicyclic) bond motifs is 2. The zero-order valence-corrected chi connectivity index (χ0v) is 8.66. The van der Waals surface area contributed by atoms with Crippen LogP contribution < -0.4 is 5.32 Å². The highest BCUT2D eigenvalue weighted by Crippen LogP contribution is 2.34. The molecule has 2 rings (SSSR count). The summed E-state index contributed by atoms with van der Waals surface area (Å²) in [4.78, 5) is 11.3. The van der Waals surface area contributed by atoms with Crippen LogP contribution in [0, 0.1) is 0 Å². The number of ether oxygens (including phenoxy) is 2. The minimum atomic E-state index is -0.318. The molecule has 3 unspecified atom stereocenters. The van der Waals surface area contributed by atoms with Gasteiger partial charge < -0.3 is 14.8 Å². The molecule has 0 radical (unpaired) electrons. The summed E-state index contributed by atoms with van der Waals surface area (Å²) in [6.07, 6.45) is 3.36. The molecule has 2 aliphatic heterocycles. The van der Waals surface area contributed by atoms with Gasteiger partial charge in [0.2, 0.25) is 0 Å². The van der Waals surface area contributed by atoms with Gasteiger partial charge >= 0.3 is 6.09 Å². The van der Waals surface area contributed by atoms with Gasteiger partial charge in [0.05, 0.1) is 24.4 Å². The second-order valence-corrected chi connectivity index (χ2v) is 4.31.